The summed E-state index contributed by atoms with van der Waals surface area (Å²) in [5, 5.41) is 1.60. The zero-order valence-electron chi connectivity index (χ0n) is 15.0. The van der Waals surface area contributed by atoms with Crippen molar-refractivity contribution < 1.29 is 4.74 Å². The third-order valence-corrected chi connectivity index (χ3v) is 7.08. The highest BCUT2D eigenvalue weighted by Crippen LogP contribution is 2.43. The molecule has 1 heterocycles. The van der Waals surface area contributed by atoms with Gasteiger partial charge in [0.05, 0.1) is 10.8 Å². The van der Waals surface area contributed by atoms with Gasteiger partial charge in [0.1, 0.15) is 11.5 Å². The molecule has 0 saturated carbocycles. The first-order chi connectivity index (χ1) is 13.8. The molecular weight excluding hydrogens is 364 g/mol. The first-order valence-electron chi connectivity index (χ1n) is 9.11. The maximum atomic E-state index is 12.9. The number of hydrogen-bond donors (Lipinski definition) is 0. The molecule has 1 aromatic heterocycles. The average Bonchev–Trinajstić information content (AvgIpc) is 2.76. The molecular formula is C25H17O2S+. The molecule has 0 amide bonds. The minimum atomic E-state index is -0.310. The molecule has 4 aromatic carbocycles. The first kappa shape index (κ1) is 16.7. The first-order valence-corrected chi connectivity index (χ1v) is 10.3. The zero-order valence-corrected chi connectivity index (χ0v) is 15.9. The number of rotatable bonds is 3. The largest absolute Gasteiger partial charge is 0.457 e. The van der Waals surface area contributed by atoms with Crippen molar-refractivity contribution in [3.8, 4) is 16.4 Å². The molecule has 5 rings (SSSR count). The SMILES string of the molecule is O=c1c2ccccc2[s+](-c2ccc(Oc3ccccc3)cc2)c2ccccc12. The van der Waals surface area contributed by atoms with Crippen molar-refractivity contribution in [2.75, 3.05) is 0 Å². The van der Waals surface area contributed by atoms with Crippen molar-refractivity contribution in [3.63, 3.8) is 0 Å². The second-order valence-electron chi connectivity index (χ2n) is 6.51. The molecule has 0 saturated heterocycles. The summed E-state index contributed by atoms with van der Waals surface area (Å²) in [5.41, 5.74) is 0.110. The maximum absolute atomic E-state index is 12.9. The van der Waals surface area contributed by atoms with Crippen LogP contribution < -0.4 is 10.2 Å². The predicted molar refractivity (Wildman–Crippen MR) is 118 cm³/mol. The highest BCUT2D eigenvalue weighted by molar-refractivity contribution is 7.49. The van der Waals surface area contributed by atoms with Crippen LogP contribution in [-0.4, -0.2) is 0 Å². The van der Waals surface area contributed by atoms with Crippen LogP contribution in [0, 0.1) is 0 Å². The molecule has 0 radical (unpaired) electrons. The van der Waals surface area contributed by atoms with Crippen molar-refractivity contribution in [2.24, 2.45) is 0 Å². The molecule has 134 valence electrons. The van der Waals surface area contributed by atoms with Gasteiger partial charge in [-0.3, -0.25) is 4.79 Å². The van der Waals surface area contributed by atoms with Gasteiger partial charge in [-0.15, -0.1) is 0 Å². The summed E-state index contributed by atoms with van der Waals surface area (Å²) in [4.78, 5) is 14.1. The van der Waals surface area contributed by atoms with Crippen LogP contribution in [0.4, 0.5) is 0 Å². The summed E-state index contributed by atoms with van der Waals surface area (Å²) in [5.74, 6) is 1.62. The molecule has 0 unspecified atom stereocenters. The van der Waals surface area contributed by atoms with Crippen molar-refractivity contribution >= 4 is 30.6 Å². The Kier molecular flexibility index (Phi) is 4.15. The summed E-state index contributed by atoms with van der Waals surface area (Å²) in [6.07, 6.45) is 0. The lowest BCUT2D eigenvalue weighted by Gasteiger charge is -2.06. The van der Waals surface area contributed by atoms with Gasteiger partial charge in [-0.1, -0.05) is 42.5 Å². The summed E-state index contributed by atoms with van der Waals surface area (Å²) < 4.78 is 8.10. The molecule has 0 spiro atoms. The smallest absolute Gasteiger partial charge is 0.203 e. The Labute approximate surface area is 165 Å². The standard InChI is InChI=1S/C25H17O2S/c26-25-21-10-4-6-12-23(21)28(24-13-7-5-11-22(24)25)20-16-14-19(15-17-20)27-18-8-2-1-3-9-18/h1-17H/q+1. The fourth-order valence-electron chi connectivity index (χ4n) is 3.45. The lowest BCUT2D eigenvalue weighted by Crippen LogP contribution is -2.01. The lowest BCUT2D eigenvalue weighted by atomic mass is 10.2. The van der Waals surface area contributed by atoms with Crippen LogP contribution in [0.25, 0.3) is 25.1 Å². The van der Waals surface area contributed by atoms with E-state index in [1.807, 2.05) is 78.9 Å². The monoisotopic (exact) mass is 381 g/mol. The molecule has 0 bridgehead atoms. The van der Waals surface area contributed by atoms with Crippen LogP contribution in [0.2, 0.25) is 0 Å². The average molecular weight is 381 g/mol. The topological polar surface area (TPSA) is 26.3 Å². The van der Waals surface area contributed by atoms with Gasteiger partial charge in [-0.2, -0.15) is 0 Å². The third kappa shape index (κ3) is 2.86. The quantitative estimate of drug-likeness (QED) is 0.251. The highest BCUT2D eigenvalue weighted by atomic mass is 32.2. The van der Waals surface area contributed by atoms with Crippen molar-refractivity contribution in [2.45, 2.75) is 0 Å². The number of fused-ring (bicyclic) bond motifs is 2. The van der Waals surface area contributed by atoms with E-state index in [9.17, 15) is 4.79 Å². The van der Waals surface area contributed by atoms with Crippen LogP contribution in [0.1, 0.15) is 0 Å². The fourth-order valence-corrected chi connectivity index (χ4v) is 5.79. The Bertz CT molecular complexity index is 1280. The minimum Gasteiger partial charge on any atom is -0.457 e. The van der Waals surface area contributed by atoms with E-state index in [0.717, 1.165) is 31.7 Å². The van der Waals surface area contributed by atoms with Crippen molar-refractivity contribution in [1.29, 1.82) is 0 Å². The Morgan fingerprint density at radius 1 is 0.536 bits per heavy atom. The fraction of sp³-hybridized carbons (Fsp3) is 0. The van der Waals surface area contributed by atoms with Crippen LogP contribution in [0.5, 0.6) is 11.5 Å². The molecule has 0 fully saturated rings. The van der Waals surface area contributed by atoms with E-state index >= 15 is 0 Å². The van der Waals surface area contributed by atoms with Gasteiger partial charge in [0.25, 0.3) is 0 Å². The number of ether oxygens (including phenoxy) is 1. The predicted octanol–water partition coefficient (Wildman–Crippen LogP) is 6.88. The number of benzene rings is 4. The van der Waals surface area contributed by atoms with E-state index in [4.69, 9.17) is 4.74 Å². The Balaban J connectivity index is 1.68. The summed E-state index contributed by atoms with van der Waals surface area (Å²) in [7, 11) is -0.310. The van der Waals surface area contributed by atoms with Gasteiger partial charge in [-0.05, 0) is 48.5 Å². The number of hydrogen-bond acceptors (Lipinski definition) is 2. The Morgan fingerprint density at radius 3 is 1.64 bits per heavy atom. The Hall–Kier alpha value is -3.43. The highest BCUT2D eigenvalue weighted by Gasteiger charge is 2.22. The van der Waals surface area contributed by atoms with Gasteiger partial charge in [0.15, 0.2) is 14.3 Å². The molecule has 28 heavy (non-hydrogen) atoms. The molecule has 0 aliphatic carbocycles. The van der Waals surface area contributed by atoms with Gasteiger partial charge >= 0.3 is 0 Å². The van der Waals surface area contributed by atoms with Gasteiger partial charge < -0.3 is 4.74 Å². The molecule has 0 atom stereocenters. The second-order valence-corrected chi connectivity index (χ2v) is 8.48. The van der Waals surface area contributed by atoms with E-state index in [2.05, 4.69) is 24.3 Å². The zero-order chi connectivity index (χ0) is 18.9. The Morgan fingerprint density at radius 2 is 1.04 bits per heavy atom. The van der Waals surface area contributed by atoms with E-state index in [-0.39, 0.29) is 15.9 Å². The van der Waals surface area contributed by atoms with Crippen LogP contribution >= 0.6 is 10.5 Å². The molecule has 3 heteroatoms. The second kappa shape index (κ2) is 6.95. The van der Waals surface area contributed by atoms with Crippen LogP contribution in [-0.2, 0) is 0 Å². The minimum absolute atomic E-state index is 0.110. The van der Waals surface area contributed by atoms with E-state index in [0.29, 0.717) is 0 Å². The number of para-hydroxylation sites is 1. The lowest BCUT2D eigenvalue weighted by molar-refractivity contribution is 0.483. The third-order valence-electron chi connectivity index (χ3n) is 4.74. The molecule has 0 N–H and O–H groups in total. The van der Waals surface area contributed by atoms with E-state index in [1.54, 1.807) is 0 Å². The van der Waals surface area contributed by atoms with Crippen LogP contribution in [0.3, 0.4) is 0 Å². The van der Waals surface area contributed by atoms with Gasteiger partial charge in [0.2, 0.25) is 5.43 Å². The summed E-state index contributed by atoms with van der Waals surface area (Å²) in [6.45, 7) is 0. The maximum Gasteiger partial charge on any atom is 0.203 e. The molecule has 0 aliphatic rings. The van der Waals surface area contributed by atoms with E-state index in [1.165, 1.54) is 4.90 Å². The molecule has 5 aromatic rings. The van der Waals surface area contributed by atoms with Gasteiger partial charge in [0, 0.05) is 22.6 Å². The summed E-state index contributed by atoms with van der Waals surface area (Å²) >= 11 is 0. The normalized spacial score (nSPS) is 11.0. The van der Waals surface area contributed by atoms with Crippen LogP contribution in [0.15, 0.2) is 108 Å². The van der Waals surface area contributed by atoms with Crippen molar-refractivity contribution in [1.82, 2.24) is 0 Å². The van der Waals surface area contributed by atoms with E-state index < -0.39 is 0 Å². The molecule has 2 nitrogen and oxygen atoms in total. The van der Waals surface area contributed by atoms with Gasteiger partial charge in [-0.25, -0.2) is 0 Å². The summed E-state index contributed by atoms with van der Waals surface area (Å²) in [6, 6.07) is 33.8. The van der Waals surface area contributed by atoms with Crippen molar-refractivity contribution in [3.05, 3.63) is 113 Å². The molecule has 0 aliphatic heterocycles.